The molecule has 0 radical (unpaired) electrons. The average Bonchev–Trinajstić information content (AvgIpc) is 2.91. The Morgan fingerprint density at radius 2 is 2.05 bits per heavy atom. The summed E-state index contributed by atoms with van der Waals surface area (Å²) in [6.07, 6.45) is 1.99. The molecule has 20 heavy (non-hydrogen) atoms. The Kier molecular flexibility index (Phi) is 2.64. The first kappa shape index (κ1) is 12.5. The van der Waals surface area contributed by atoms with Crippen LogP contribution in [0, 0.1) is 6.92 Å². The van der Waals surface area contributed by atoms with Gasteiger partial charge in [-0.2, -0.15) is 5.10 Å². The molecule has 0 aliphatic rings. The maximum atomic E-state index is 11.1. The lowest BCUT2D eigenvalue weighted by molar-refractivity contribution is 0.0685. The quantitative estimate of drug-likeness (QED) is 0.778. The molecule has 0 unspecified atom stereocenters. The van der Waals surface area contributed by atoms with E-state index >= 15 is 0 Å². The average molecular weight is 269 g/mol. The predicted octanol–water partition coefficient (Wildman–Crippen LogP) is 2.59. The number of fused-ring (bicyclic) bond motifs is 1. The monoisotopic (exact) mass is 269 g/mol. The summed E-state index contributed by atoms with van der Waals surface area (Å²) in [6, 6.07) is 7.71. The molecule has 0 saturated heterocycles. The Morgan fingerprint density at radius 3 is 2.70 bits per heavy atom. The van der Waals surface area contributed by atoms with Gasteiger partial charge in [0.05, 0.1) is 11.2 Å². The zero-order valence-electron chi connectivity index (χ0n) is 11.6. The third-order valence-corrected chi connectivity index (χ3v) is 3.58. The molecule has 0 bridgehead atoms. The molecule has 0 spiro atoms. The molecule has 0 atom stereocenters. The lowest BCUT2D eigenvalue weighted by Gasteiger charge is -1.99. The largest absolute Gasteiger partial charge is 0.477 e. The molecule has 3 aromatic rings. The molecule has 1 N–H and O–H groups in total. The Morgan fingerprint density at radius 1 is 1.30 bits per heavy atom. The van der Waals surface area contributed by atoms with Gasteiger partial charge in [-0.3, -0.25) is 4.68 Å². The minimum atomic E-state index is -0.970. The third kappa shape index (κ3) is 1.71. The maximum Gasteiger partial charge on any atom is 0.354 e. The van der Waals surface area contributed by atoms with E-state index in [2.05, 4.69) is 22.7 Å². The molecule has 0 saturated carbocycles. The third-order valence-electron chi connectivity index (χ3n) is 3.58. The van der Waals surface area contributed by atoms with Gasteiger partial charge in [0, 0.05) is 31.2 Å². The van der Waals surface area contributed by atoms with Gasteiger partial charge in [-0.05, 0) is 18.6 Å². The van der Waals surface area contributed by atoms with Crippen molar-refractivity contribution in [2.45, 2.75) is 6.92 Å². The van der Waals surface area contributed by atoms with Crippen molar-refractivity contribution in [3.8, 4) is 11.3 Å². The van der Waals surface area contributed by atoms with Crippen molar-refractivity contribution in [3.05, 3.63) is 41.7 Å². The molecule has 2 heterocycles. The first-order chi connectivity index (χ1) is 9.49. The number of carbonyl (C=O) groups is 1. The second-order valence-electron chi connectivity index (χ2n) is 4.97. The van der Waals surface area contributed by atoms with Gasteiger partial charge in [0.25, 0.3) is 0 Å². The minimum absolute atomic E-state index is 0.185. The van der Waals surface area contributed by atoms with Gasteiger partial charge in [-0.15, -0.1) is 0 Å². The van der Waals surface area contributed by atoms with Crippen molar-refractivity contribution in [1.82, 2.24) is 14.3 Å². The highest BCUT2D eigenvalue weighted by Gasteiger charge is 2.16. The SMILES string of the molecule is Cc1cccc2c(-c3cc(C(=O)O)n(C)n3)cn(C)c12. The van der Waals surface area contributed by atoms with Crippen LogP contribution < -0.4 is 0 Å². The second-order valence-corrected chi connectivity index (χ2v) is 4.97. The Hall–Kier alpha value is -2.56. The number of aromatic carboxylic acids is 1. The Labute approximate surface area is 116 Å². The van der Waals surface area contributed by atoms with Crippen molar-refractivity contribution in [3.63, 3.8) is 0 Å². The summed E-state index contributed by atoms with van der Waals surface area (Å²) in [7, 11) is 3.63. The molecule has 0 aliphatic carbocycles. The molecule has 1 aromatic carbocycles. The van der Waals surface area contributed by atoms with Gasteiger partial charge in [0.15, 0.2) is 0 Å². The van der Waals surface area contributed by atoms with Crippen molar-refractivity contribution in [1.29, 1.82) is 0 Å². The van der Waals surface area contributed by atoms with Crippen LogP contribution in [0.3, 0.4) is 0 Å². The molecule has 5 heteroatoms. The molecule has 5 nitrogen and oxygen atoms in total. The maximum absolute atomic E-state index is 11.1. The first-order valence-electron chi connectivity index (χ1n) is 6.31. The zero-order chi connectivity index (χ0) is 14.4. The molecule has 0 amide bonds. The Balaban J connectivity index is 2.28. The number of aromatic nitrogens is 3. The van der Waals surface area contributed by atoms with Gasteiger partial charge in [0.1, 0.15) is 5.69 Å². The number of nitrogens with zero attached hydrogens (tertiary/aromatic N) is 3. The number of aryl methyl sites for hydroxylation is 3. The molecule has 102 valence electrons. The van der Waals surface area contributed by atoms with Crippen molar-refractivity contribution < 1.29 is 9.90 Å². The van der Waals surface area contributed by atoms with Gasteiger partial charge in [0.2, 0.25) is 0 Å². The minimum Gasteiger partial charge on any atom is -0.477 e. The smallest absolute Gasteiger partial charge is 0.354 e. The fraction of sp³-hybridized carbons (Fsp3) is 0.200. The van der Waals surface area contributed by atoms with Crippen LogP contribution in [-0.2, 0) is 14.1 Å². The lowest BCUT2D eigenvalue weighted by atomic mass is 10.1. The van der Waals surface area contributed by atoms with Crippen LogP contribution in [0.25, 0.3) is 22.2 Å². The van der Waals surface area contributed by atoms with Crippen LogP contribution in [0.15, 0.2) is 30.5 Å². The van der Waals surface area contributed by atoms with E-state index in [0.717, 1.165) is 16.5 Å². The highest BCUT2D eigenvalue weighted by atomic mass is 16.4. The van der Waals surface area contributed by atoms with Crippen molar-refractivity contribution in [2.75, 3.05) is 0 Å². The number of benzene rings is 1. The van der Waals surface area contributed by atoms with E-state index in [4.69, 9.17) is 5.11 Å². The fourth-order valence-corrected chi connectivity index (χ4v) is 2.68. The van der Waals surface area contributed by atoms with Crippen molar-refractivity contribution in [2.24, 2.45) is 14.1 Å². The number of para-hydroxylation sites is 1. The molecule has 0 aliphatic heterocycles. The summed E-state index contributed by atoms with van der Waals surface area (Å²) in [5, 5.41) is 14.5. The summed E-state index contributed by atoms with van der Waals surface area (Å²) in [6.45, 7) is 2.06. The summed E-state index contributed by atoms with van der Waals surface area (Å²) in [4.78, 5) is 11.1. The van der Waals surface area contributed by atoms with E-state index in [1.807, 2.05) is 25.4 Å². The fourth-order valence-electron chi connectivity index (χ4n) is 2.68. The van der Waals surface area contributed by atoms with E-state index in [1.165, 1.54) is 10.2 Å². The molecule has 3 rings (SSSR count). The van der Waals surface area contributed by atoms with Crippen LogP contribution in [0.2, 0.25) is 0 Å². The topological polar surface area (TPSA) is 60.0 Å². The normalized spacial score (nSPS) is 11.2. The lowest BCUT2D eigenvalue weighted by Crippen LogP contribution is -2.04. The Bertz CT molecular complexity index is 827. The summed E-state index contributed by atoms with van der Waals surface area (Å²) in [5.41, 5.74) is 4.15. The van der Waals surface area contributed by atoms with Crippen LogP contribution in [-0.4, -0.2) is 25.4 Å². The van der Waals surface area contributed by atoms with Crippen LogP contribution in [0.1, 0.15) is 16.1 Å². The van der Waals surface area contributed by atoms with E-state index in [1.54, 1.807) is 13.1 Å². The van der Waals surface area contributed by atoms with E-state index in [9.17, 15) is 4.79 Å². The van der Waals surface area contributed by atoms with Gasteiger partial charge >= 0.3 is 5.97 Å². The molecular formula is C15H15N3O2. The molecular weight excluding hydrogens is 254 g/mol. The summed E-state index contributed by atoms with van der Waals surface area (Å²) < 4.78 is 3.45. The van der Waals surface area contributed by atoms with E-state index < -0.39 is 5.97 Å². The predicted molar refractivity (Wildman–Crippen MR) is 76.8 cm³/mol. The first-order valence-corrected chi connectivity index (χ1v) is 6.31. The highest BCUT2D eigenvalue weighted by Crippen LogP contribution is 2.31. The van der Waals surface area contributed by atoms with E-state index in [0.29, 0.717) is 5.69 Å². The number of rotatable bonds is 2. The van der Waals surface area contributed by atoms with Gasteiger partial charge < -0.3 is 9.67 Å². The molecule has 0 fully saturated rings. The number of carboxylic acids is 1. The van der Waals surface area contributed by atoms with E-state index in [-0.39, 0.29) is 5.69 Å². The van der Waals surface area contributed by atoms with Gasteiger partial charge in [-0.1, -0.05) is 18.2 Å². The second kappa shape index (κ2) is 4.23. The van der Waals surface area contributed by atoms with Crippen LogP contribution in [0.4, 0.5) is 0 Å². The number of hydrogen-bond donors (Lipinski definition) is 1. The summed E-state index contributed by atoms with van der Waals surface area (Å²) >= 11 is 0. The van der Waals surface area contributed by atoms with Crippen molar-refractivity contribution >= 4 is 16.9 Å². The van der Waals surface area contributed by atoms with Crippen LogP contribution in [0.5, 0.6) is 0 Å². The van der Waals surface area contributed by atoms with Crippen LogP contribution >= 0.6 is 0 Å². The molecule has 2 aromatic heterocycles. The summed E-state index contributed by atoms with van der Waals surface area (Å²) in [5.74, 6) is -0.970. The number of hydrogen-bond acceptors (Lipinski definition) is 2. The standard InChI is InChI=1S/C15H15N3O2/c1-9-5-4-6-10-11(8-17(2)14(9)10)12-7-13(15(19)20)18(3)16-12/h4-8H,1-3H3,(H,19,20). The highest BCUT2D eigenvalue weighted by molar-refractivity contribution is 5.98. The zero-order valence-corrected chi connectivity index (χ0v) is 11.6. The van der Waals surface area contributed by atoms with Gasteiger partial charge in [-0.25, -0.2) is 4.79 Å². The number of carboxylic acid groups (broad SMARTS) is 1.